The van der Waals surface area contributed by atoms with Crippen molar-refractivity contribution in [2.24, 2.45) is 11.5 Å². The second-order valence-corrected chi connectivity index (χ2v) is 2.91. The normalized spacial score (nSPS) is 37.5. The lowest BCUT2D eigenvalue weighted by Crippen LogP contribution is -2.42. The van der Waals surface area contributed by atoms with E-state index in [4.69, 9.17) is 11.5 Å². The predicted octanol–water partition coefficient (Wildman–Crippen LogP) is -0.287. The smallest absolute Gasteiger partial charge is 0.0947 e. The summed E-state index contributed by atoms with van der Waals surface area (Å²) in [6.07, 6.45) is 1.79. The monoisotopic (exact) mass is 131 g/mol. The molecule has 0 spiro atoms. The lowest BCUT2D eigenvalue weighted by molar-refractivity contribution is 0.580. The Labute approximate surface area is 52.6 Å². The Morgan fingerprint density at radius 1 is 1.88 bits per heavy atom. The molecule has 0 saturated carbocycles. The molecule has 0 aromatic rings. The number of nitrogens with one attached hydrogen (secondary N) is 1. The molecule has 1 rings (SSSR count). The van der Waals surface area contributed by atoms with Gasteiger partial charge in [-0.1, -0.05) is 0 Å². The van der Waals surface area contributed by atoms with Gasteiger partial charge in [0.2, 0.25) is 0 Å². The summed E-state index contributed by atoms with van der Waals surface area (Å²) in [4.78, 5) is 0. The van der Waals surface area contributed by atoms with Crippen molar-refractivity contribution in [3.05, 3.63) is 11.1 Å². The third-order valence-electron chi connectivity index (χ3n) is 0.831. The standard InChI is InChI=1S/C4H9N3S/c1-4(6)2-3(5)8-7-4/h2,7H,5-6H2,1H3. The molecule has 0 saturated heterocycles. The van der Waals surface area contributed by atoms with E-state index < -0.39 is 5.66 Å². The van der Waals surface area contributed by atoms with Crippen LogP contribution in [0.4, 0.5) is 0 Å². The van der Waals surface area contributed by atoms with Crippen molar-refractivity contribution in [3.8, 4) is 0 Å². The van der Waals surface area contributed by atoms with Crippen LogP contribution < -0.4 is 16.2 Å². The third kappa shape index (κ3) is 1.15. The minimum absolute atomic E-state index is 0.408. The van der Waals surface area contributed by atoms with Crippen molar-refractivity contribution in [2.75, 3.05) is 0 Å². The molecule has 0 radical (unpaired) electrons. The average molecular weight is 131 g/mol. The summed E-state index contributed by atoms with van der Waals surface area (Å²) < 4.78 is 2.92. The number of rotatable bonds is 0. The molecular weight excluding hydrogens is 122 g/mol. The van der Waals surface area contributed by atoms with E-state index in [2.05, 4.69) is 4.72 Å². The highest BCUT2D eigenvalue weighted by atomic mass is 32.2. The molecule has 1 unspecified atom stereocenters. The molecule has 1 aliphatic rings. The largest absolute Gasteiger partial charge is 0.393 e. The Morgan fingerprint density at radius 3 is 2.62 bits per heavy atom. The maximum atomic E-state index is 5.58. The van der Waals surface area contributed by atoms with Gasteiger partial charge in [0, 0.05) is 0 Å². The van der Waals surface area contributed by atoms with E-state index >= 15 is 0 Å². The predicted molar refractivity (Wildman–Crippen MR) is 35.6 cm³/mol. The van der Waals surface area contributed by atoms with Gasteiger partial charge in [-0.15, -0.1) is 0 Å². The third-order valence-corrected chi connectivity index (χ3v) is 1.73. The SMILES string of the molecule is CC1(N)C=C(N)SN1. The molecule has 1 aliphatic heterocycles. The summed E-state index contributed by atoms with van der Waals surface area (Å²) in [7, 11) is 0. The first kappa shape index (κ1) is 5.94. The zero-order chi connectivity index (χ0) is 6.20. The Kier molecular flexibility index (Phi) is 1.22. The zero-order valence-electron chi connectivity index (χ0n) is 4.64. The average Bonchev–Trinajstić information content (AvgIpc) is 1.82. The summed E-state index contributed by atoms with van der Waals surface area (Å²) in [5.74, 6) is 0. The molecular formula is C4H9N3S. The van der Waals surface area contributed by atoms with Crippen LogP contribution in [0.2, 0.25) is 0 Å². The maximum absolute atomic E-state index is 5.58. The highest BCUT2D eigenvalue weighted by Crippen LogP contribution is 2.19. The van der Waals surface area contributed by atoms with Gasteiger partial charge in [-0.2, -0.15) is 0 Å². The topological polar surface area (TPSA) is 64.1 Å². The summed E-state index contributed by atoms with van der Waals surface area (Å²) in [6.45, 7) is 1.86. The van der Waals surface area contributed by atoms with Crippen molar-refractivity contribution >= 4 is 11.9 Å². The second kappa shape index (κ2) is 1.65. The lowest BCUT2D eigenvalue weighted by atomic mass is 10.2. The Bertz CT molecular complexity index is 129. The van der Waals surface area contributed by atoms with Gasteiger partial charge in [-0.3, -0.25) is 0 Å². The first-order chi connectivity index (χ1) is 3.60. The van der Waals surface area contributed by atoms with E-state index in [9.17, 15) is 0 Å². The van der Waals surface area contributed by atoms with Gasteiger partial charge in [0.25, 0.3) is 0 Å². The first-order valence-corrected chi connectivity index (χ1v) is 3.13. The van der Waals surface area contributed by atoms with Gasteiger partial charge in [0.15, 0.2) is 0 Å². The summed E-state index contributed by atoms with van der Waals surface area (Å²) >= 11 is 1.37. The molecule has 4 heteroatoms. The quantitative estimate of drug-likeness (QED) is 0.395. The van der Waals surface area contributed by atoms with E-state index in [0.717, 1.165) is 5.03 Å². The molecule has 8 heavy (non-hydrogen) atoms. The second-order valence-electron chi connectivity index (χ2n) is 2.03. The van der Waals surface area contributed by atoms with Crippen molar-refractivity contribution in [1.29, 1.82) is 0 Å². The first-order valence-electron chi connectivity index (χ1n) is 2.31. The summed E-state index contributed by atoms with van der Waals surface area (Å²) in [6, 6.07) is 0. The van der Waals surface area contributed by atoms with Gasteiger partial charge in [0.1, 0.15) is 0 Å². The van der Waals surface area contributed by atoms with E-state index in [1.54, 1.807) is 6.08 Å². The molecule has 46 valence electrons. The van der Waals surface area contributed by atoms with E-state index in [-0.39, 0.29) is 0 Å². The number of nitrogens with two attached hydrogens (primary N) is 2. The summed E-state index contributed by atoms with van der Waals surface area (Å²) in [5.41, 5.74) is 10.6. The fourth-order valence-corrected chi connectivity index (χ4v) is 1.22. The molecule has 0 aliphatic carbocycles. The van der Waals surface area contributed by atoms with Gasteiger partial charge in [0.05, 0.1) is 10.7 Å². The van der Waals surface area contributed by atoms with E-state index in [1.807, 2.05) is 6.92 Å². The van der Waals surface area contributed by atoms with E-state index in [0.29, 0.717) is 0 Å². The van der Waals surface area contributed by atoms with Gasteiger partial charge in [-0.25, -0.2) is 4.72 Å². The Morgan fingerprint density at radius 2 is 2.50 bits per heavy atom. The van der Waals surface area contributed by atoms with Crippen molar-refractivity contribution in [1.82, 2.24) is 4.72 Å². The lowest BCUT2D eigenvalue weighted by Gasteiger charge is -2.12. The minimum Gasteiger partial charge on any atom is -0.393 e. The van der Waals surface area contributed by atoms with Crippen molar-refractivity contribution < 1.29 is 0 Å². The van der Waals surface area contributed by atoms with Crippen LogP contribution in [0.1, 0.15) is 6.92 Å². The summed E-state index contributed by atoms with van der Waals surface area (Å²) in [5, 5.41) is 0.745. The van der Waals surface area contributed by atoms with Crippen LogP contribution >= 0.6 is 11.9 Å². The molecule has 0 fully saturated rings. The molecule has 0 aromatic heterocycles. The Balaban J connectivity index is 2.67. The maximum Gasteiger partial charge on any atom is 0.0947 e. The molecule has 0 bridgehead atoms. The molecule has 5 N–H and O–H groups in total. The van der Waals surface area contributed by atoms with Gasteiger partial charge >= 0.3 is 0 Å². The molecule has 0 amide bonds. The molecule has 3 nitrogen and oxygen atoms in total. The van der Waals surface area contributed by atoms with Crippen LogP contribution in [-0.2, 0) is 0 Å². The van der Waals surface area contributed by atoms with Crippen LogP contribution in [0.25, 0.3) is 0 Å². The van der Waals surface area contributed by atoms with Gasteiger partial charge < -0.3 is 11.5 Å². The van der Waals surface area contributed by atoms with Crippen LogP contribution in [-0.4, -0.2) is 5.66 Å². The Hall–Kier alpha value is -0.190. The molecule has 1 heterocycles. The zero-order valence-corrected chi connectivity index (χ0v) is 5.46. The number of hydrogen-bond donors (Lipinski definition) is 3. The minimum atomic E-state index is -0.408. The van der Waals surface area contributed by atoms with Crippen LogP contribution in [0.5, 0.6) is 0 Å². The highest BCUT2D eigenvalue weighted by molar-refractivity contribution is 8.01. The molecule has 0 aromatic carbocycles. The van der Waals surface area contributed by atoms with Crippen LogP contribution in [0.3, 0.4) is 0 Å². The fraction of sp³-hybridized carbons (Fsp3) is 0.500. The van der Waals surface area contributed by atoms with Gasteiger partial charge in [-0.05, 0) is 24.9 Å². The van der Waals surface area contributed by atoms with Crippen LogP contribution in [0.15, 0.2) is 11.1 Å². The van der Waals surface area contributed by atoms with Crippen molar-refractivity contribution in [2.45, 2.75) is 12.6 Å². The van der Waals surface area contributed by atoms with Crippen LogP contribution in [0, 0.1) is 0 Å². The van der Waals surface area contributed by atoms with E-state index in [1.165, 1.54) is 11.9 Å². The van der Waals surface area contributed by atoms with Crippen molar-refractivity contribution in [3.63, 3.8) is 0 Å². The number of hydrogen-bond acceptors (Lipinski definition) is 4. The fourth-order valence-electron chi connectivity index (χ4n) is 0.523. The highest BCUT2D eigenvalue weighted by Gasteiger charge is 2.21. The molecule has 1 atom stereocenters.